The maximum atomic E-state index is 12.7. The van der Waals surface area contributed by atoms with Crippen LogP contribution in [0.4, 0.5) is 5.69 Å². The summed E-state index contributed by atoms with van der Waals surface area (Å²) in [5, 5.41) is 1.24. The molecule has 2 aliphatic rings. The molecular formula is C18H16Cl2N2O3. The summed E-state index contributed by atoms with van der Waals surface area (Å²) in [6.45, 7) is 2.90. The molecule has 1 amide bonds. The van der Waals surface area contributed by atoms with Gasteiger partial charge in [0.2, 0.25) is 6.79 Å². The minimum atomic E-state index is 0.000142. The lowest BCUT2D eigenvalue weighted by atomic mass is 10.1. The first-order chi connectivity index (χ1) is 12.1. The van der Waals surface area contributed by atoms with Gasteiger partial charge in [-0.2, -0.15) is 0 Å². The van der Waals surface area contributed by atoms with E-state index in [0.29, 0.717) is 40.2 Å². The molecule has 2 aromatic carbocycles. The first-order valence-corrected chi connectivity index (χ1v) is 8.76. The summed E-state index contributed by atoms with van der Waals surface area (Å²) in [4.78, 5) is 16.7. The number of anilines is 1. The third kappa shape index (κ3) is 3.22. The molecular weight excluding hydrogens is 363 g/mol. The quantitative estimate of drug-likeness (QED) is 0.799. The van der Waals surface area contributed by atoms with Gasteiger partial charge in [0.15, 0.2) is 11.5 Å². The monoisotopic (exact) mass is 378 g/mol. The second-order valence-corrected chi connectivity index (χ2v) is 6.79. The lowest BCUT2D eigenvalue weighted by Gasteiger charge is -2.36. The van der Waals surface area contributed by atoms with Gasteiger partial charge in [-0.1, -0.05) is 23.2 Å². The zero-order chi connectivity index (χ0) is 17.4. The lowest BCUT2D eigenvalue weighted by Crippen LogP contribution is -2.48. The molecule has 0 spiro atoms. The van der Waals surface area contributed by atoms with Gasteiger partial charge >= 0.3 is 0 Å². The first-order valence-electron chi connectivity index (χ1n) is 8.01. The minimum absolute atomic E-state index is 0.000142. The van der Waals surface area contributed by atoms with Crippen molar-refractivity contribution in [3.05, 3.63) is 52.0 Å². The average Bonchev–Trinajstić information content (AvgIpc) is 3.09. The Kier molecular flexibility index (Phi) is 4.36. The highest BCUT2D eigenvalue weighted by molar-refractivity contribution is 6.36. The van der Waals surface area contributed by atoms with E-state index in [1.54, 1.807) is 24.3 Å². The number of hydrogen-bond donors (Lipinski definition) is 0. The van der Waals surface area contributed by atoms with Crippen LogP contribution in [-0.2, 0) is 0 Å². The molecule has 0 aromatic heterocycles. The maximum absolute atomic E-state index is 12.7. The largest absolute Gasteiger partial charge is 0.454 e. The molecule has 0 unspecified atom stereocenters. The summed E-state index contributed by atoms with van der Waals surface area (Å²) in [5.41, 5.74) is 1.56. The van der Waals surface area contributed by atoms with Crippen LogP contribution in [0.5, 0.6) is 11.5 Å². The van der Waals surface area contributed by atoms with Crippen LogP contribution in [-0.4, -0.2) is 43.8 Å². The molecule has 4 rings (SSSR count). The van der Waals surface area contributed by atoms with Crippen LogP contribution in [0.3, 0.4) is 0 Å². The zero-order valence-corrected chi connectivity index (χ0v) is 14.9. The predicted octanol–water partition coefficient (Wildman–Crippen LogP) is 3.68. The fourth-order valence-corrected chi connectivity index (χ4v) is 3.63. The summed E-state index contributed by atoms with van der Waals surface area (Å²) in [7, 11) is 0. The average molecular weight is 379 g/mol. The fraction of sp³-hybridized carbons (Fsp3) is 0.278. The van der Waals surface area contributed by atoms with E-state index in [-0.39, 0.29) is 12.7 Å². The van der Waals surface area contributed by atoms with Crippen molar-refractivity contribution < 1.29 is 14.3 Å². The first kappa shape index (κ1) is 16.4. The number of rotatable bonds is 2. The van der Waals surface area contributed by atoms with E-state index < -0.39 is 0 Å². The van der Waals surface area contributed by atoms with Crippen molar-refractivity contribution in [2.45, 2.75) is 0 Å². The summed E-state index contributed by atoms with van der Waals surface area (Å²) in [5.74, 6) is 1.30. The van der Waals surface area contributed by atoms with E-state index in [9.17, 15) is 4.79 Å². The second kappa shape index (κ2) is 6.65. The van der Waals surface area contributed by atoms with E-state index in [1.165, 1.54) is 0 Å². The summed E-state index contributed by atoms with van der Waals surface area (Å²) >= 11 is 12.2. The van der Waals surface area contributed by atoms with Crippen LogP contribution in [0.25, 0.3) is 0 Å². The lowest BCUT2D eigenvalue weighted by molar-refractivity contribution is 0.0746. The third-order valence-corrected chi connectivity index (χ3v) is 4.97. The van der Waals surface area contributed by atoms with Crippen LogP contribution in [0.15, 0.2) is 36.4 Å². The van der Waals surface area contributed by atoms with Crippen LogP contribution < -0.4 is 14.4 Å². The Morgan fingerprint density at radius 2 is 1.68 bits per heavy atom. The van der Waals surface area contributed by atoms with E-state index >= 15 is 0 Å². The van der Waals surface area contributed by atoms with Gasteiger partial charge < -0.3 is 19.3 Å². The van der Waals surface area contributed by atoms with Crippen molar-refractivity contribution in [2.75, 3.05) is 37.9 Å². The third-order valence-electron chi connectivity index (χ3n) is 4.44. The van der Waals surface area contributed by atoms with Crippen LogP contribution in [0, 0.1) is 0 Å². The van der Waals surface area contributed by atoms with Gasteiger partial charge in [-0.05, 0) is 36.4 Å². The van der Waals surface area contributed by atoms with Gasteiger partial charge in [0.25, 0.3) is 5.91 Å². The molecule has 0 saturated carbocycles. The maximum Gasteiger partial charge on any atom is 0.254 e. The Bertz CT molecular complexity index is 820. The molecule has 0 atom stereocenters. The molecule has 7 heteroatoms. The Balaban J connectivity index is 1.44. The fourth-order valence-electron chi connectivity index (χ4n) is 3.10. The Morgan fingerprint density at radius 3 is 2.44 bits per heavy atom. The predicted molar refractivity (Wildman–Crippen MR) is 97.1 cm³/mol. The normalized spacial score (nSPS) is 16.2. The molecule has 0 bridgehead atoms. The summed E-state index contributed by atoms with van der Waals surface area (Å²) in [6.07, 6.45) is 0. The molecule has 0 N–H and O–H groups in total. The van der Waals surface area contributed by atoms with Gasteiger partial charge in [0, 0.05) is 36.8 Å². The zero-order valence-electron chi connectivity index (χ0n) is 13.4. The Hall–Kier alpha value is -2.11. The molecule has 130 valence electrons. The van der Waals surface area contributed by atoms with Gasteiger partial charge in [-0.3, -0.25) is 4.79 Å². The number of halogens is 2. The number of nitrogens with zero attached hydrogens (tertiary/aromatic N) is 2. The van der Waals surface area contributed by atoms with E-state index in [4.69, 9.17) is 32.7 Å². The molecule has 2 aromatic rings. The minimum Gasteiger partial charge on any atom is -0.454 e. The Labute approximate surface area is 155 Å². The van der Waals surface area contributed by atoms with E-state index in [0.717, 1.165) is 18.8 Å². The molecule has 1 fully saturated rings. The van der Waals surface area contributed by atoms with Gasteiger partial charge in [-0.15, -0.1) is 0 Å². The molecule has 0 aliphatic carbocycles. The number of fused-ring (bicyclic) bond motifs is 1. The SMILES string of the molecule is O=C(c1ccc2c(c1)OCO2)N1CCN(c2ccc(Cl)cc2Cl)CC1. The van der Waals surface area contributed by atoms with Gasteiger partial charge in [0.05, 0.1) is 10.7 Å². The number of benzene rings is 2. The molecule has 0 radical (unpaired) electrons. The van der Waals surface area contributed by atoms with Crippen LogP contribution in [0.2, 0.25) is 10.0 Å². The van der Waals surface area contributed by atoms with Crippen molar-refractivity contribution in [1.82, 2.24) is 4.90 Å². The molecule has 5 nitrogen and oxygen atoms in total. The van der Waals surface area contributed by atoms with Crippen LogP contribution in [0.1, 0.15) is 10.4 Å². The number of carbonyl (C=O) groups excluding carboxylic acids is 1. The number of ether oxygens (including phenoxy) is 2. The topological polar surface area (TPSA) is 42.0 Å². The number of amides is 1. The van der Waals surface area contributed by atoms with E-state index in [2.05, 4.69) is 4.90 Å². The highest BCUT2D eigenvalue weighted by Crippen LogP contribution is 2.33. The smallest absolute Gasteiger partial charge is 0.254 e. The van der Waals surface area contributed by atoms with Crippen molar-refractivity contribution >= 4 is 34.8 Å². The van der Waals surface area contributed by atoms with Crippen LogP contribution >= 0.6 is 23.2 Å². The van der Waals surface area contributed by atoms with Gasteiger partial charge in [-0.25, -0.2) is 0 Å². The number of piperazine rings is 1. The Morgan fingerprint density at radius 1 is 0.920 bits per heavy atom. The van der Waals surface area contributed by atoms with Gasteiger partial charge in [0.1, 0.15) is 0 Å². The highest BCUT2D eigenvalue weighted by atomic mass is 35.5. The van der Waals surface area contributed by atoms with Crippen molar-refractivity contribution in [1.29, 1.82) is 0 Å². The number of hydrogen-bond acceptors (Lipinski definition) is 4. The van der Waals surface area contributed by atoms with Crippen molar-refractivity contribution in [3.8, 4) is 11.5 Å². The highest BCUT2D eigenvalue weighted by Gasteiger charge is 2.25. The standard InChI is InChI=1S/C18H16Cl2N2O3/c19-13-2-3-15(14(20)10-13)21-5-7-22(8-6-21)18(23)12-1-4-16-17(9-12)25-11-24-16/h1-4,9-10H,5-8,11H2. The molecule has 1 saturated heterocycles. The molecule has 25 heavy (non-hydrogen) atoms. The molecule has 2 heterocycles. The van der Waals surface area contributed by atoms with Crippen molar-refractivity contribution in [2.24, 2.45) is 0 Å². The second-order valence-electron chi connectivity index (χ2n) is 5.94. The molecule has 2 aliphatic heterocycles. The van der Waals surface area contributed by atoms with Crippen molar-refractivity contribution in [3.63, 3.8) is 0 Å². The summed E-state index contributed by atoms with van der Waals surface area (Å²) < 4.78 is 10.6. The number of carbonyl (C=O) groups is 1. The summed E-state index contributed by atoms with van der Waals surface area (Å²) in [6, 6.07) is 10.8. The van der Waals surface area contributed by atoms with E-state index in [1.807, 2.05) is 17.0 Å².